The van der Waals surface area contributed by atoms with Crippen molar-refractivity contribution in [3.05, 3.63) is 45.5 Å². The smallest absolute Gasteiger partial charge is 0.276 e. The minimum Gasteiger partial charge on any atom is -0.392 e. The number of benzene rings is 1. The highest BCUT2D eigenvalue weighted by atomic mass is 16.6. The van der Waals surface area contributed by atoms with Gasteiger partial charge in [-0.15, -0.1) is 0 Å². The first-order valence-electron chi connectivity index (χ1n) is 6.77. The molecule has 0 aliphatic heterocycles. The summed E-state index contributed by atoms with van der Waals surface area (Å²) in [7, 11) is 0. The quantitative estimate of drug-likeness (QED) is 0.666. The predicted octanol–water partition coefficient (Wildman–Crippen LogP) is 3.55. The lowest BCUT2D eigenvalue weighted by Gasteiger charge is -2.23. The Kier molecular flexibility index (Phi) is 4.68. The summed E-state index contributed by atoms with van der Waals surface area (Å²) in [5, 5.41) is 20.5. The second kappa shape index (κ2) is 6.48. The van der Waals surface area contributed by atoms with Gasteiger partial charge in [0.25, 0.3) is 5.69 Å². The van der Waals surface area contributed by atoms with E-state index in [2.05, 4.69) is 0 Å². The maximum Gasteiger partial charge on any atom is 0.276 e. The van der Waals surface area contributed by atoms with Crippen molar-refractivity contribution in [3.8, 4) is 0 Å². The van der Waals surface area contributed by atoms with Crippen LogP contribution in [0.3, 0.4) is 0 Å². The Labute approximate surface area is 112 Å². The second-order valence-electron chi connectivity index (χ2n) is 5.03. The number of para-hydroxylation sites is 1. The van der Waals surface area contributed by atoms with Crippen molar-refractivity contribution in [3.63, 3.8) is 0 Å². The molecular formula is C15H19NO3. The van der Waals surface area contributed by atoms with E-state index >= 15 is 0 Å². The predicted molar refractivity (Wildman–Crippen MR) is 74.7 cm³/mol. The summed E-state index contributed by atoms with van der Waals surface area (Å²) in [4.78, 5) is 10.6. The van der Waals surface area contributed by atoms with Crippen molar-refractivity contribution in [2.45, 2.75) is 32.1 Å². The molecular weight excluding hydrogens is 242 g/mol. The number of aliphatic hydroxyl groups is 1. The Morgan fingerprint density at radius 1 is 1.32 bits per heavy atom. The number of nitro benzene ring substituents is 1. The summed E-state index contributed by atoms with van der Waals surface area (Å²) in [5.41, 5.74) is 1.61. The molecule has 0 spiro atoms. The number of nitro groups is 1. The van der Waals surface area contributed by atoms with Crippen molar-refractivity contribution in [2.24, 2.45) is 5.92 Å². The Morgan fingerprint density at radius 2 is 2.00 bits per heavy atom. The average molecular weight is 261 g/mol. The molecule has 0 amide bonds. The summed E-state index contributed by atoms with van der Waals surface area (Å²) in [6, 6.07) is 6.68. The zero-order chi connectivity index (χ0) is 13.7. The highest BCUT2D eigenvalue weighted by molar-refractivity contribution is 5.63. The van der Waals surface area contributed by atoms with Gasteiger partial charge in [-0.2, -0.15) is 0 Å². The van der Waals surface area contributed by atoms with Crippen molar-refractivity contribution in [1.82, 2.24) is 0 Å². The van der Waals surface area contributed by atoms with Crippen LogP contribution in [0.2, 0.25) is 0 Å². The fourth-order valence-electron chi connectivity index (χ4n) is 2.74. The van der Waals surface area contributed by atoms with Crippen LogP contribution in [0.15, 0.2) is 29.8 Å². The van der Waals surface area contributed by atoms with Crippen LogP contribution in [0.1, 0.15) is 37.7 Å². The van der Waals surface area contributed by atoms with Gasteiger partial charge >= 0.3 is 0 Å². The SMILES string of the molecule is O=[N+]([O-])c1ccccc1C=C(CO)C1CCCCC1. The Balaban J connectivity index is 2.29. The van der Waals surface area contributed by atoms with E-state index < -0.39 is 0 Å². The lowest BCUT2D eigenvalue weighted by atomic mass is 9.83. The minimum atomic E-state index is -0.373. The van der Waals surface area contributed by atoms with E-state index in [4.69, 9.17) is 0 Å². The molecule has 1 aromatic rings. The molecule has 1 N–H and O–H groups in total. The van der Waals surface area contributed by atoms with E-state index in [1.165, 1.54) is 25.3 Å². The molecule has 0 heterocycles. The van der Waals surface area contributed by atoms with Crippen LogP contribution in [-0.4, -0.2) is 16.6 Å². The van der Waals surface area contributed by atoms with Crippen LogP contribution in [-0.2, 0) is 0 Å². The van der Waals surface area contributed by atoms with E-state index in [0.717, 1.165) is 18.4 Å². The molecule has 0 saturated heterocycles. The third kappa shape index (κ3) is 3.41. The molecule has 1 aromatic carbocycles. The molecule has 0 bridgehead atoms. The summed E-state index contributed by atoms with van der Waals surface area (Å²) >= 11 is 0. The zero-order valence-corrected chi connectivity index (χ0v) is 10.9. The van der Waals surface area contributed by atoms with Gasteiger partial charge in [-0.05, 0) is 36.5 Å². The van der Waals surface area contributed by atoms with Gasteiger partial charge in [-0.1, -0.05) is 31.4 Å². The number of aliphatic hydroxyl groups excluding tert-OH is 1. The molecule has 1 aliphatic rings. The van der Waals surface area contributed by atoms with Crippen LogP contribution in [0.25, 0.3) is 6.08 Å². The van der Waals surface area contributed by atoms with Crippen LogP contribution < -0.4 is 0 Å². The lowest BCUT2D eigenvalue weighted by Crippen LogP contribution is -2.11. The number of nitrogens with zero attached hydrogens (tertiary/aromatic N) is 1. The molecule has 2 rings (SSSR count). The second-order valence-corrected chi connectivity index (χ2v) is 5.03. The summed E-state index contributed by atoms with van der Waals surface area (Å²) < 4.78 is 0. The molecule has 0 atom stereocenters. The fourth-order valence-corrected chi connectivity index (χ4v) is 2.74. The lowest BCUT2D eigenvalue weighted by molar-refractivity contribution is -0.385. The molecule has 1 fully saturated rings. The fraction of sp³-hybridized carbons (Fsp3) is 0.467. The molecule has 0 radical (unpaired) electrons. The molecule has 4 nitrogen and oxygen atoms in total. The number of hydrogen-bond donors (Lipinski definition) is 1. The van der Waals surface area contributed by atoms with Gasteiger partial charge in [-0.3, -0.25) is 10.1 Å². The Hall–Kier alpha value is -1.68. The molecule has 1 saturated carbocycles. The monoisotopic (exact) mass is 261 g/mol. The highest BCUT2D eigenvalue weighted by Crippen LogP contribution is 2.31. The maximum atomic E-state index is 11.0. The van der Waals surface area contributed by atoms with E-state index in [9.17, 15) is 15.2 Å². The third-order valence-corrected chi connectivity index (χ3v) is 3.79. The maximum absolute atomic E-state index is 11.0. The van der Waals surface area contributed by atoms with Gasteiger partial charge in [-0.25, -0.2) is 0 Å². The van der Waals surface area contributed by atoms with E-state index in [0.29, 0.717) is 11.5 Å². The minimum absolute atomic E-state index is 0.0171. The number of hydrogen-bond acceptors (Lipinski definition) is 3. The van der Waals surface area contributed by atoms with Gasteiger partial charge in [0.1, 0.15) is 0 Å². The standard InChI is InChI=1S/C15H19NO3/c17-11-14(12-6-2-1-3-7-12)10-13-8-4-5-9-15(13)16(18)19/h4-5,8-10,12,17H,1-3,6-7,11H2. The first-order chi connectivity index (χ1) is 9.22. The van der Waals surface area contributed by atoms with Gasteiger partial charge < -0.3 is 5.11 Å². The molecule has 1 aliphatic carbocycles. The molecule has 0 aromatic heterocycles. The summed E-state index contributed by atoms with van der Waals surface area (Å²) in [5.74, 6) is 0.374. The van der Waals surface area contributed by atoms with Crippen molar-refractivity contribution in [2.75, 3.05) is 6.61 Å². The van der Waals surface area contributed by atoms with E-state index in [1.807, 2.05) is 0 Å². The normalized spacial score (nSPS) is 17.4. The molecule has 4 heteroatoms. The van der Waals surface area contributed by atoms with Crippen molar-refractivity contribution in [1.29, 1.82) is 0 Å². The summed E-state index contributed by atoms with van der Waals surface area (Å²) in [6.45, 7) is -0.0171. The van der Waals surface area contributed by atoms with Crippen molar-refractivity contribution < 1.29 is 10.0 Å². The third-order valence-electron chi connectivity index (χ3n) is 3.79. The molecule has 102 valence electrons. The number of rotatable bonds is 4. The van der Waals surface area contributed by atoms with E-state index in [-0.39, 0.29) is 17.2 Å². The van der Waals surface area contributed by atoms with Crippen LogP contribution in [0.5, 0.6) is 0 Å². The van der Waals surface area contributed by atoms with Gasteiger partial charge in [0.2, 0.25) is 0 Å². The van der Waals surface area contributed by atoms with Crippen LogP contribution in [0, 0.1) is 16.0 Å². The summed E-state index contributed by atoms with van der Waals surface area (Å²) in [6.07, 6.45) is 7.56. The van der Waals surface area contributed by atoms with Gasteiger partial charge in [0.15, 0.2) is 0 Å². The molecule has 0 unspecified atom stereocenters. The average Bonchev–Trinajstić information content (AvgIpc) is 2.46. The largest absolute Gasteiger partial charge is 0.392 e. The van der Waals surface area contributed by atoms with Crippen molar-refractivity contribution >= 4 is 11.8 Å². The molecule has 19 heavy (non-hydrogen) atoms. The zero-order valence-electron chi connectivity index (χ0n) is 10.9. The van der Waals surface area contributed by atoms with Crippen LogP contribution in [0.4, 0.5) is 5.69 Å². The Morgan fingerprint density at radius 3 is 2.63 bits per heavy atom. The Bertz CT molecular complexity index is 476. The van der Waals surface area contributed by atoms with Gasteiger partial charge in [0, 0.05) is 6.07 Å². The van der Waals surface area contributed by atoms with Crippen LogP contribution >= 0.6 is 0 Å². The van der Waals surface area contributed by atoms with E-state index in [1.54, 1.807) is 24.3 Å². The van der Waals surface area contributed by atoms with Gasteiger partial charge in [0.05, 0.1) is 17.1 Å². The highest BCUT2D eigenvalue weighted by Gasteiger charge is 2.19. The first kappa shape index (κ1) is 13.7. The topological polar surface area (TPSA) is 63.4 Å². The first-order valence-corrected chi connectivity index (χ1v) is 6.77.